The summed E-state index contributed by atoms with van der Waals surface area (Å²) in [5, 5.41) is 0. The lowest BCUT2D eigenvalue weighted by Gasteiger charge is -2.30. The number of methoxy groups -OCH3 is 1. The van der Waals surface area contributed by atoms with Gasteiger partial charge in [-0.2, -0.15) is 0 Å². The molecule has 3 heterocycles. The molecule has 1 saturated heterocycles. The van der Waals surface area contributed by atoms with Gasteiger partial charge in [0, 0.05) is 25.8 Å². The highest BCUT2D eigenvalue weighted by Gasteiger charge is 2.30. The van der Waals surface area contributed by atoms with E-state index in [1.807, 2.05) is 4.90 Å². The second kappa shape index (κ2) is 5.71. The minimum atomic E-state index is -0.397. The minimum absolute atomic E-state index is 0.0340. The number of aromatic nitrogens is 1. The lowest BCUT2D eigenvalue weighted by atomic mass is 10.1. The Morgan fingerprint density at radius 2 is 1.95 bits per heavy atom. The zero-order valence-electron chi connectivity index (χ0n) is 12.2. The van der Waals surface area contributed by atoms with E-state index in [1.54, 1.807) is 11.0 Å². The van der Waals surface area contributed by atoms with Crippen molar-refractivity contribution in [1.29, 1.82) is 0 Å². The molecule has 2 aliphatic rings. The first-order valence-corrected chi connectivity index (χ1v) is 7.34. The smallest absolute Gasteiger partial charge is 0.339 e. The van der Waals surface area contributed by atoms with Crippen molar-refractivity contribution in [3.63, 3.8) is 0 Å². The number of carbonyl (C=O) groups is 2. The normalized spacial score (nSPS) is 17.6. The first-order valence-electron chi connectivity index (χ1n) is 7.34. The molecule has 0 N–H and O–H groups in total. The topological polar surface area (TPSA) is 62.7 Å². The van der Waals surface area contributed by atoms with Crippen LogP contribution in [0.2, 0.25) is 0 Å². The van der Waals surface area contributed by atoms with Crippen molar-refractivity contribution in [2.75, 3.05) is 31.6 Å². The third kappa shape index (κ3) is 2.57. The van der Waals surface area contributed by atoms with E-state index in [1.165, 1.54) is 19.7 Å². The number of carbonyl (C=O) groups excluding carboxylic acids is 2. The first-order chi connectivity index (χ1) is 10.2. The highest BCUT2D eigenvalue weighted by atomic mass is 16.5. The number of hydrogen-bond donors (Lipinski definition) is 0. The molecule has 1 fully saturated rings. The molecule has 1 aromatic rings. The third-order valence-corrected chi connectivity index (χ3v) is 4.08. The van der Waals surface area contributed by atoms with E-state index < -0.39 is 5.97 Å². The van der Waals surface area contributed by atoms with Crippen LogP contribution in [0.3, 0.4) is 0 Å². The van der Waals surface area contributed by atoms with Crippen molar-refractivity contribution in [3.05, 3.63) is 23.4 Å². The molecule has 3 rings (SSSR count). The molecule has 6 nitrogen and oxygen atoms in total. The summed E-state index contributed by atoms with van der Waals surface area (Å²) in [7, 11) is 1.35. The Morgan fingerprint density at radius 3 is 2.67 bits per heavy atom. The number of esters is 1. The summed E-state index contributed by atoms with van der Waals surface area (Å²) < 4.78 is 4.70. The van der Waals surface area contributed by atoms with E-state index >= 15 is 0 Å². The molecule has 21 heavy (non-hydrogen) atoms. The molecule has 0 aromatic carbocycles. The Morgan fingerprint density at radius 1 is 1.19 bits per heavy atom. The van der Waals surface area contributed by atoms with Crippen molar-refractivity contribution in [2.45, 2.75) is 25.7 Å². The Hall–Kier alpha value is -2.11. The molecule has 0 atom stereocenters. The van der Waals surface area contributed by atoms with Gasteiger partial charge in [-0.3, -0.25) is 4.90 Å². The van der Waals surface area contributed by atoms with Crippen LogP contribution in [0.4, 0.5) is 10.6 Å². The van der Waals surface area contributed by atoms with Crippen molar-refractivity contribution < 1.29 is 14.3 Å². The number of piperidine rings is 1. The summed E-state index contributed by atoms with van der Waals surface area (Å²) >= 11 is 0. The van der Waals surface area contributed by atoms with Crippen LogP contribution in [0.15, 0.2) is 12.3 Å². The number of nitrogens with zero attached hydrogens (tertiary/aromatic N) is 3. The number of anilines is 1. The van der Waals surface area contributed by atoms with Gasteiger partial charge in [0.1, 0.15) is 5.82 Å². The average Bonchev–Trinajstić information content (AvgIpc) is 2.97. The Kier molecular flexibility index (Phi) is 3.77. The summed E-state index contributed by atoms with van der Waals surface area (Å²) in [6, 6.07) is 1.81. The molecule has 0 spiro atoms. The number of amides is 2. The predicted octanol–water partition coefficient (Wildman–Crippen LogP) is 1.84. The summed E-state index contributed by atoms with van der Waals surface area (Å²) in [5.74, 6) is 0.282. The van der Waals surface area contributed by atoms with Gasteiger partial charge in [0.25, 0.3) is 0 Å². The van der Waals surface area contributed by atoms with Gasteiger partial charge < -0.3 is 9.64 Å². The lowest BCUT2D eigenvalue weighted by Crippen LogP contribution is -2.45. The quantitative estimate of drug-likeness (QED) is 0.740. The largest absolute Gasteiger partial charge is 0.465 e. The van der Waals surface area contributed by atoms with Crippen LogP contribution >= 0.6 is 0 Å². The number of likely N-dealkylation sites (tertiary alicyclic amines) is 1. The van der Waals surface area contributed by atoms with Gasteiger partial charge in [0.05, 0.1) is 12.7 Å². The molecule has 1 aromatic heterocycles. The molecular weight excluding hydrogens is 270 g/mol. The molecule has 0 unspecified atom stereocenters. The van der Waals surface area contributed by atoms with E-state index in [0.29, 0.717) is 17.9 Å². The highest BCUT2D eigenvalue weighted by Crippen LogP contribution is 2.28. The fourth-order valence-corrected chi connectivity index (χ4v) is 2.94. The molecule has 0 saturated carbocycles. The Balaban J connectivity index is 1.80. The SMILES string of the molecule is COC(=O)c1cnc2c(c1)CCN2C(=O)N1CCCCC1. The van der Waals surface area contributed by atoms with E-state index in [-0.39, 0.29) is 6.03 Å². The van der Waals surface area contributed by atoms with Gasteiger partial charge in [0.2, 0.25) is 0 Å². The molecular formula is C15H19N3O3. The van der Waals surface area contributed by atoms with Crippen LogP contribution in [0.5, 0.6) is 0 Å². The third-order valence-electron chi connectivity index (χ3n) is 4.08. The van der Waals surface area contributed by atoms with Crippen molar-refractivity contribution in [3.8, 4) is 0 Å². The van der Waals surface area contributed by atoms with Gasteiger partial charge in [-0.05, 0) is 37.3 Å². The fourth-order valence-electron chi connectivity index (χ4n) is 2.94. The standard InChI is InChI=1S/C15H19N3O3/c1-21-14(19)12-9-11-5-8-18(13(11)16-10-12)15(20)17-6-3-2-4-7-17/h9-10H,2-8H2,1H3. The van der Waals surface area contributed by atoms with Gasteiger partial charge >= 0.3 is 12.0 Å². The summed E-state index contributed by atoms with van der Waals surface area (Å²) in [6.07, 6.45) is 5.54. The number of ether oxygens (including phenoxy) is 1. The number of fused-ring (bicyclic) bond motifs is 1. The van der Waals surface area contributed by atoms with Crippen LogP contribution in [-0.2, 0) is 11.2 Å². The lowest BCUT2D eigenvalue weighted by molar-refractivity contribution is 0.0600. The highest BCUT2D eigenvalue weighted by molar-refractivity contribution is 5.94. The maximum atomic E-state index is 12.6. The minimum Gasteiger partial charge on any atom is -0.465 e. The van der Waals surface area contributed by atoms with E-state index in [2.05, 4.69) is 4.98 Å². The van der Waals surface area contributed by atoms with E-state index in [4.69, 9.17) is 4.74 Å². The van der Waals surface area contributed by atoms with Crippen LogP contribution in [-0.4, -0.2) is 48.6 Å². The fraction of sp³-hybridized carbons (Fsp3) is 0.533. The molecule has 0 bridgehead atoms. The number of rotatable bonds is 1. The predicted molar refractivity (Wildman–Crippen MR) is 77.4 cm³/mol. The zero-order valence-corrected chi connectivity index (χ0v) is 12.2. The summed E-state index contributed by atoms with van der Waals surface area (Å²) in [5.41, 5.74) is 1.37. The molecule has 2 aliphatic heterocycles. The second-order valence-electron chi connectivity index (χ2n) is 5.43. The van der Waals surface area contributed by atoms with Gasteiger partial charge in [-0.15, -0.1) is 0 Å². The van der Waals surface area contributed by atoms with Gasteiger partial charge in [-0.1, -0.05) is 0 Å². The second-order valence-corrected chi connectivity index (χ2v) is 5.43. The number of urea groups is 1. The number of hydrogen-bond acceptors (Lipinski definition) is 4. The van der Waals surface area contributed by atoms with Crippen LogP contribution < -0.4 is 4.90 Å². The van der Waals surface area contributed by atoms with Crippen LogP contribution in [0.25, 0.3) is 0 Å². The van der Waals surface area contributed by atoms with E-state index in [9.17, 15) is 9.59 Å². The van der Waals surface area contributed by atoms with Gasteiger partial charge in [-0.25, -0.2) is 14.6 Å². The first kappa shape index (κ1) is 13.9. The van der Waals surface area contributed by atoms with Crippen molar-refractivity contribution in [1.82, 2.24) is 9.88 Å². The number of pyridine rings is 1. The van der Waals surface area contributed by atoms with Crippen molar-refractivity contribution in [2.24, 2.45) is 0 Å². The molecule has 6 heteroatoms. The molecule has 0 aliphatic carbocycles. The zero-order chi connectivity index (χ0) is 14.8. The van der Waals surface area contributed by atoms with Crippen LogP contribution in [0, 0.1) is 0 Å². The summed E-state index contributed by atoms with van der Waals surface area (Å²) in [4.78, 5) is 32.0. The monoisotopic (exact) mass is 289 g/mol. The average molecular weight is 289 g/mol. The maximum absolute atomic E-state index is 12.6. The summed E-state index contributed by atoms with van der Waals surface area (Å²) in [6.45, 7) is 2.28. The molecule has 112 valence electrons. The Bertz CT molecular complexity index is 567. The van der Waals surface area contributed by atoms with E-state index in [0.717, 1.165) is 37.9 Å². The van der Waals surface area contributed by atoms with Gasteiger partial charge in [0.15, 0.2) is 0 Å². The Labute approximate surface area is 123 Å². The maximum Gasteiger partial charge on any atom is 0.339 e. The molecule has 2 amide bonds. The van der Waals surface area contributed by atoms with Crippen molar-refractivity contribution >= 4 is 17.8 Å². The van der Waals surface area contributed by atoms with Crippen LogP contribution in [0.1, 0.15) is 35.2 Å². The molecule has 0 radical (unpaired) electrons.